The second-order valence-corrected chi connectivity index (χ2v) is 7.20. The molecule has 2 aromatic heterocycles. The standard InChI is InChI=1S/C20H15ClN4O3S/c21-14-4-1-12(2-5-14)10-22-18(26)13-3-6-16-17(9-13)23-20(29)25(19(16)27)11-15-7-8-28-24-15/h1-9H,10-11H2,(H,22,26)(H,23,29). The van der Waals surface area contributed by atoms with Crippen molar-refractivity contribution >= 4 is 40.6 Å². The molecule has 0 aliphatic carbocycles. The fourth-order valence-corrected chi connectivity index (χ4v) is 3.29. The average molecular weight is 427 g/mol. The molecule has 29 heavy (non-hydrogen) atoms. The zero-order valence-corrected chi connectivity index (χ0v) is 16.6. The quantitative estimate of drug-likeness (QED) is 0.475. The highest BCUT2D eigenvalue weighted by Gasteiger charge is 2.11. The number of benzene rings is 2. The predicted octanol–water partition coefficient (Wildman–Crippen LogP) is 3.68. The summed E-state index contributed by atoms with van der Waals surface area (Å²) in [6, 6.07) is 13.7. The fourth-order valence-electron chi connectivity index (χ4n) is 2.91. The van der Waals surface area contributed by atoms with Crippen LogP contribution in [0.3, 0.4) is 0 Å². The number of carbonyl (C=O) groups is 1. The van der Waals surface area contributed by atoms with Gasteiger partial charge in [0.25, 0.3) is 11.5 Å². The number of aromatic amines is 1. The molecule has 1 amide bonds. The lowest BCUT2D eigenvalue weighted by atomic mass is 10.1. The zero-order valence-electron chi connectivity index (χ0n) is 15.0. The lowest BCUT2D eigenvalue weighted by Crippen LogP contribution is -2.24. The Kier molecular flexibility index (Phi) is 5.28. The Labute approximate surface area is 174 Å². The van der Waals surface area contributed by atoms with Crippen LogP contribution < -0.4 is 10.9 Å². The van der Waals surface area contributed by atoms with Crippen molar-refractivity contribution < 1.29 is 9.32 Å². The lowest BCUT2D eigenvalue weighted by Gasteiger charge is -2.09. The second kappa shape index (κ2) is 8.02. The van der Waals surface area contributed by atoms with E-state index in [4.69, 9.17) is 28.3 Å². The van der Waals surface area contributed by atoms with Gasteiger partial charge in [-0.2, -0.15) is 0 Å². The highest BCUT2D eigenvalue weighted by molar-refractivity contribution is 7.71. The molecule has 0 spiro atoms. The van der Waals surface area contributed by atoms with Crippen LogP contribution in [0.1, 0.15) is 21.6 Å². The molecule has 0 aliphatic heterocycles. The molecule has 2 aromatic carbocycles. The molecule has 7 nitrogen and oxygen atoms in total. The maximum atomic E-state index is 12.8. The van der Waals surface area contributed by atoms with E-state index in [1.54, 1.807) is 36.4 Å². The number of nitrogens with zero attached hydrogens (tertiary/aromatic N) is 2. The van der Waals surface area contributed by atoms with Gasteiger partial charge in [-0.1, -0.05) is 28.9 Å². The largest absolute Gasteiger partial charge is 0.364 e. The van der Waals surface area contributed by atoms with E-state index in [2.05, 4.69) is 15.5 Å². The molecular weight excluding hydrogens is 412 g/mol. The minimum atomic E-state index is -0.264. The first-order valence-corrected chi connectivity index (χ1v) is 9.48. The van der Waals surface area contributed by atoms with Crippen LogP contribution in [0.15, 0.2) is 64.1 Å². The molecule has 4 aromatic rings. The summed E-state index contributed by atoms with van der Waals surface area (Å²) in [6.07, 6.45) is 1.43. The summed E-state index contributed by atoms with van der Waals surface area (Å²) in [5.41, 5.74) is 2.17. The van der Waals surface area contributed by atoms with Crippen molar-refractivity contribution in [3.05, 3.63) is 91.8 Å². The number of hydrogen-bond acceptors (Lipinski definition) is 5. The lowest BCUT2D eigenvalue weighted by molar-refractivity contribution is 0.0951. The number of hydrogen-bond donors (Lipinski definition) is 2. The van der Waals surface area contributed by atoms with Crippen molar-refractivity contribution in [2.24, 2.45) is 0 Å². The summed E-state index contributed by atoms with van der Waals surface area (Å²) in [4.78, 5) is 28.3. The molecule has 0 saturated carbocycles. The molecule has 0 saturated heterocycles. The van der Waals surface area contributed by atoms with Gasteiger partial charge in [-0.05, 0) is 48.1 Å². The first-order valence-electron chi connectivity index (χ1n) is 8.70. The number of fused-ring (bicyclic) bond motifs is 1. The Bertz CT molecular complexity index is 1290. The van der Waals surface area contributed by atoms with Gasteiger partial charge in [0.15, 0.2) is 4.77 Å². The third kappa shape index (κ3) is 4.13. The number of halogens is 1. The molecule has 0 fully saturated rings. The van der Waals surface area contributed by atoms with E-state index in [0.717, 1.165) is 5.56 Å². The van der Waals surface area contributed by atoms with E-state index in [9.17, 15) is 9.59 Å². The van der Waals surface area contributed by atoms with Gasteiger partial charge in [-0.3, -0.25) is 14.2 Å². The summed E-state index contributed by atoms with van der Waals surface area (Å²) in [7, 11) is 0. The molecule has 0 atom stereocenters. The Hall–Kier alpha value is -3.23. The van der Waals surface area contributed by atoms with Gasteiger partial charge in [0.1, 0.15) is 12.0 Å². The number of carbonyl (C=O) groups excluding carboxylic acids is 1. The molecule has 2 N–H and O–H groups in total. The Morgan fingerprint density at radius 2 is 2.00 bits per heavy atom. The Balaban J connectivity index is 1.59. The molecular formula is C20H15ClN4O3S. The van der Waals surface area contributed by atoms with Crippen LogP contribution in [-0.2, 0) is 13.1 Å². The number of aromatic nitrogens is 3. The zero-order chi connectivity index (χ0) is 20.4. The summed E-state index contributed by atoms with van der Waals surface area (Å²) in [5.74, 6) is -0.257. The van der Waals surface area contributed by atoms with Gasteiger partial charge in [0, 0.05) is 23.2 Å². The van der Waals surface area contributed by atoms with Crippen molar-refractivity contribution in [2.75, 3.05) is 0 Å². The van der Waals surface area contributed by atoms with Crippen molar-refractivity contribution in [3.8, 4) is 0 Å². The van der Waals surface area contributed by atoms with Crippen LogP contribution in [0.5, 0.6) is 0 Å². The van der Waals surface area contributed by atoms with E-state index < -0.39 is 0 Å². The first kappa shape index (κ1) is 19.1. The van der Waals surface area contributed by atoms with Crippen LogP contribution in [0.25, 0.3) is 10.9 Å². The number of H-pyrrole nitrogens is 1. The molecule has 4 rings (SSSR count). The van der Waals surface area contributed by atoms with Crippen LogP contribution >= 0.6 is 23.8 Å². The summed E-state index contributed by atoms with van der Waals surface area (Å²) < 4.78 is 6.43. The number of rotatable bonds is 5. The van der Waals surface area contributed by atoms with Gasteiger partial charge in [-0.15, -0.1) is 0 Å². The summed E-state index contributed by atoms with van der Waals surface area (Å²) in [6.45, 7) is 0.563. The van der Waals surface area contributed by atoms with Gasteiger partial charge in [-0.25, -0.2) is 0 Å². The molecule has 0 unspecified atom stereocenters. The van der Waals surface area contributed by atoms with Crippen LogP contribution in [-0.4, -0.2) is 20.6 Å². The number of nitrogens with one attached hydrogen (secondary N) is 2. The van der Waals surface area contributed by atoms with E-state index in [1.807, 2.05) is 12.1 Å². The number of amides is 1. The minimum absolute atomic E-state index is 0.198. The highest BCUT2D eigenvalue weighted by Crippen LogP contribution is 2.13. The van der Waals surface area contributed by atoms with E-state index in [-0.39, 0.29) is 22.8 Å². The third-order valence-corrected chi connectivity index (χ3v) is 5.00. The minimum Gasteiger partial charge on any atom is -0.364 e. The van der Waals surface area contributed by atoms with Gasteiger partial charge >= 0.3 is 0 Å². The van der Waals surface area contributed by atoms with Crippen LogP contribution in [0.2, 0.25) is 5.02 Å². The maximum absolute atomic E-state index is 12.8. The van der Waals surface area contributed by atoms with Crippen molar-refractivity contribution in [3.63, 3.8) is 0 Å². The van der Waals surface area contributed by atoms with Crippen molar-refractivity contribution in [1.29, 1.82) is 0 Å². The van der Waals surface area contributed by atoms with E-state index in [0.29, 0.717) is 33.7 Å². The molecule has 146 valence electrons. The topological polar surface area (TPSA) is 92.9 Å². The smallest absolute Gasteiger partial charge is 0.262 e. The molecule has 0 bridgehead atoms. The monoisotopic (exact) mass is 426 g/mol. The van der Waals surface area contributed by atoms with Crippen molar-refractivity contribution in [1.82, 2.24) is 20.0 Å². The molecule has 9 heteroatoms. The molecule has 0 aliphatic rings. The van der Waals surface area contributed by atoms with E-state index >= 15 is 0 Å². The SMILES string of the molecule is O=C(NCc1ccc(Cl)cc1)c1ccc2c(=O)n(Cc3ccon3)c(=S)[nH]c2c1. The Morgan fingerprint density at radius 3 is 2.72 bits per heavy atom. The van der Waals surface area contributed by atoms with Crippen LogP contribution in [0, 0.1) is 4.77 Å². The predicted molar refractivity (Wildman–Crippen MR) is 112 cm³/mol. The summed E-state index contributed by atoms with van der Waals surface area (Å²) >= 11 is 11.2. The van der Waals surface area contributed by atoms with Crippen LogP contribution in [0.4, 0.5) is 0 Å². The maximum Gasteiger partial charge on any atom is 0.262 e. The normalized spacial score (nSPS) is 10.9. The fraction of sp³-hybridized carbons (Fsp3) is 0.100. The first-order chi connectivity index (χ1) is 14.0. The third-order valence-electron chi connectivity index (χ3n) is 4.42. The highest BCUT2D eigenvalue weighted by atomic mass is 35.5. The average Bonchev–Trinajstić information content (AvgIpc) is 3.23. The van der Waals surface area contributed by atoms with Crippen molar-refractivity contribution in [2.45, 2.75) is 13.1 Å². The van der Waals surface area contributed by atoms with Gasteiger partial charge in [0.2, 0.25) is 0 Å². The van der Waals surface area contributed by atoms with Gasteiger partial charge in [0.05, 0.1) is 17.4 Å². The summed E-state index contributed by atoms with van der Waals surface area (Å²) in [5, 5.41) is 7.72. The van der Waals surface area contributed by atoms with Gasteiger partial charge < -0.3 is 14.8 Å². The Morgan fingerprint density at radius 1 is 1.21 bits per heavy atom. The van der Waals surface area contributed by atoms with E-state index in [1.165, 1.54) is 10.8 Å². The molecule has 0 radical (unpaired) electrons. The molecule has 2 heterocycles. The second-order valence-electron chi connectivity index (χ2n) is 6.38.